The third-order valence-electron chi connectivity index (χ3n) is 3.06. The lowest BCUT2D eigenvalue weighted by atomic mass is 10.1. The third kappa shape index (κ3) is 3.90. The van der Waals surface area contributed by atoms with Crippen LogP contribution < -0.4 is 5.32 Å². The molecule has 20 heavy (non-hydrogen) atoms. The summed E-state index contributed by atoms with van der Waals surface area (Å²) in [6.45, 7) is 1.57. The number of H-pyrrole nitrogens is 1. The number of nitrogens with one attached hydrogen (secondary N) is 2. The average molecular weight is 272 g/mol. The first-order valence-electron chi connectivity index (χ1n) is 6.67. The van der Waals surface area contributed by atoms with Gasteiger partial charge in [0, 0.05) is 24.1 Å². The molecule has 2 rings (SSSR count). The van der Waals surface area contributed by atoms with E-state index >= 15 is 0 Å². The number of unbranched alkanes of at least 4 members (excludes halogenated alkanes) is 2. The summed E-state index contributed by atoms with van der Waals surface area (Å²) >= 11 is 0. The molecule has 5 heteroatoms. The Labute approximate surface area is 117 Å². The molecular formula is C15H17FN4. The van der Waals surface area contributed by atoms with E-state index in [0.717, 1.165) is 36.2 Å². The SMILES string of the molecule is N#CCCCCNCc1cn[nH]c1-c1ccc(F)cc1. The first kappa shape index (κ1) is 14.2. The van der Waals surface area contributed by atoms with Gasteiger partial charge in [0.15, 0.2) is 0 Å². The molecule has 2 aromatic rings. The lowest BCUT2D eigenvalue weighted by molar-refractivity contribution is 0.627. The van der Waals surface area contributed by atoms with Gasteiger partial charge in [0.2, 0.25) is 0 Å². The number of hydrogen-bond acceptors (Lipinski definition) is 3. The van der Waals surface area contributed by atoms with Crippen LogP contribution >= 0.6 is 0 Å². The molecule has 1 aromatic carbocycles. The van der Waals surface area contributed by atoms with Gasteiger partial charge in [0.1, 0.15) is 5.82 Å². The smallest absolute Gasteiger partial charge is 0.123 e. The molecule has 4 nitrogen and oxygen atoms in total. The highest BCUT2D eigenvalue weighted by atomic mass is 19.1. The summed E-state index contributed by atoms with van der Waals surface area (Å²) in [4.78, 5) is 0. The van der Waals surface area contributed by atoms with Gasteiger partial charge in [-0.3, -0.25) is 5.10 Å². The fourth-order valence-corrected chi connectivity index (χ4v) is 1.99. The molecule has 0 saturated heterocycles. The van der Waals surface area contributed by atoms with Crippen LogP contribution in [0.2, 0.25) is 0 Å². The minimum atomic E-state index is -0.245. The van der Waals surface area contributed by atoms with E-state index in [1.807, 2.05) is 0 Å². The van der Waals surface area contributed by atoms with E-state index in [2.05, 4.69) is 21.6 Å². The molecule has 0 aliphatic heterocycles. The van der Waals surface area contributed by atoms with Crippen LogP contribution in [0.1, 0.15) is 24.8 Å². The van der Waals surface area contributed by atoms with E-state index in [9.17, 15) is 4.39 Å². The molecule has 0 radical (unpaired) electrons. The Morgan fingerprint density at radius 2 is 2.05 bits per heavy atom. The summed E-state index contributed by atoms with van der Waals surface area (Å²) in [6, 6.07) is 8.48. The molecule has 0 atom stereocenters. The predicted octanol–water partition coefficient (Wildman–Crippen LogP) is 3.00. The van der Waals surface area contributed by atoms with Crippen LogP contribution in [0.5, 0.6) is 0 Å². The van der Waals surface area contributed by atoms with E-state index in [0.29, 0.717) is 13.0 Å². The number of aromatic nitrogens is 2. The highest BCUT2D eigenvalue weighted by molar-refractivity contribution is 5.62. The van der Waals surface area contributed by atoms with Gasteiger partial charge in [-0.2, -0.15) is 10.4 Å². The molecule has 0 saturated carbocycles. The Balaban J connectivity index is 1.89. The molecule has 104 valence electrons. The zero-order chi connectivity index (χ0) is 14.2. The van der Waals surface area contributed by atoms with Crippen molar-refractivity contribution in [1.29, 1.82) is 5.26 Å². The quantitative estimate of drug-likeness (QED) is 0.761. The number of hydrogen-bond donors (Lipinski definition) is 2. The van der Waals surface area contributed by atoms with Gasteiger partial charge in [-0.25, -0.2) is 4.39 Å². The Morgan fingerprint density at radius 1 is 1.25 bits per heavy atom. The molecule has 0 spiro atoms. The summed E-state index contributed by atoms with van der Waals surface area (Å²) < 4.78 is 12.9. The summed E-state index contributed by atoms with van der Waals surface area (Å²) in [6.07, 6.45) is 4.28. The fraction of sp³-hybridized carbons (Fsp3) is 0.333. The van der Waals surface area contributed by atoms with Gasteiger partial charge in [0.05, 0.1) is 18.0 Å². The van der Waals surface area contributed by atoms with Gasteiger partial charge >= 0.3 is 0 Å². The predicted molar refractivity (Wildman–Crippen MR) is 75.2 cm³/mol. The fourth-order valence-electron chi connectivity index (χ4n) is 1.99. The number of halogens is 1. The number of rotatable bonds is 7. The second-order valence-electron chi connectivity index (χ2n) is 4.57. The first-order chi connectivity index (χ1) is 9.81. The number of nitrogens with zero attached hydrogens (tertiary/aromatic N) is 2. The van der Waals surface area contributed by atoms with Crippen molar-refractivity contribution in [2.45, 2.75) is 25.8 Å². The van der Waals surface area contributed by atoms with Gasteiger partial charge in [-0.1, -0.05) is 0 Å². The largest absolute Gasteiger partial charge is 0.313 e. The summed E-state index contributed by atoms with van der Waals surface area (Å²) in [5, 5.41) is 18.8. The lowest BCUT2D eigenvalue weighted by Gasteiger charge is -2.05. The van der Waals surface area contributed by atoms with Crippen molar-refractivity contribution in [3.8, 4) is 17.3 Å². The van der Waals surface area contributed by atoms with Crippen LogP contribution in [-0.4, -0.2) is 16.7 Å². The third-order valence-corrected chi connectivity index (χ3v) is 3.06. The van der Waals surface area contributed by atoms with Crippen molar-refractivity contribution >= 4 is 0 Å². The summed E-state index contributed by atoms with van der Waals surface area (Å²) in [5.74, 6) is -0.245. The maximum atomic E-state index is 12.9. The normalized spacial score (nSPS) is 10.4. The van der Waals surface area contributed by atoms with Gasteiger partial charge in [-0.05, 0) is 43.7 Å². The van der Waals surface area contributed by atoms with Crippen LogP contribution in [0.3, 0.4) is 0 Å². The second kappa shape index (κ2) is 7.41. The van der Waals surface area contributed by atoms with Crippen LogP contribution in [0, 0.1) is 17.1 Å². The zero-order valence-corrected chi connectivity index (χ0v) is 11.2. The van der Waals surface area contributed by atoms with Crippen molar-refractivity contribution in [3.63, 3.8) is 0 Å². The van der Waals surface area contributed by atoms with Gasteiger partial charge in [-0.15, -0.1) is 0 Å². The number of benzene rings is 1. The molecule has 0 unspecified atom stereocenters. The maximum absolute atomic E-state index is 12.9. The van der Waals surface area contributed by atoms with Crippen molar-refractivity contribution in [2.75, 3.05) is 6.54 Å². The first-order valence-corrected chi connectivity index (χ1v) is 6.67. The Kier molecular flexibility index (Phi) is 5.27. The zero-order valence-electron chi connectivity index (χ0n) is 11.2. The van der Waals surface area contributed by atoms with E-state index in [-0.39, 0.29) is 5.82 Å². The van der Waals surface area contributed by atoms with Crippen LogP contribution in [-0.2, 0) is 6.54 Å². The number of aromatic amines is 1. The summed E-state index contributed by atoms with van der Waals surface area (Å²) in [7, 11) is 0. The van der Waals surface area contributed by atoms with Crippen LogP contribution in [0.15, 0.2) is 30.5 Å². The molecule has 1 aromatic heterocycles. The summed E-state index contributed by atoms with van der Waals surface area (Å²) in [5.41, 5.74) is 2.89. The van der Waals surface area contributed by atoms with Crippen molar-refractivity contribution in [1.82, 2.24) is 15.5 Å². The molecule has 0 amide bonds. The van der Waals surface area contributed by atoms with Crippen molar-refractivity contribution < 1.29 is 4.39 Å². The van der Waals surface area contributed by atoms with Crippen LogP contribution in [0.25, 0.3) is 11.3 Å². The highest BCUT2D eigenvalue weighted by Gasteiger charge is 2.07. The van der Waals surface area contributed by atoms with Crippen molar-refractivity contribution in [2.24, 2.45) is 0 Å². The standard InChI is InChI=1S/C15H17FN4/c16-14-6-4-12(5-7-14)15-13(11-19-20-15)10-18-9-3-1-2-8-17/h4-7,11,18H,1-3,9-10H2,(H,19,20). The van der Waals surface area contributed by atoms with E-state index in [1.165, 1.54) is 12.1 Å². The second-order valence-corrected chi connectivity index (χ2v) is 4.57. The van der Waals surface area contributed by atoms with Gasteiger partial charge < -0.3 is 5.32 Å². The van der Waals surface area contributed by atoms with Crippen LogP contribution in [0.4, 0.5) is 4.39 Å². The number of nitriles is 1. The Bertz CT molecular complexity index is 568. The molecular weight excluding hydrogens is 255 g/mol. The minimum Gasteiger partial charge on any atom is -0.313 e. The molecule has 0 aliphatic rings. The topological polar surface area (TPSA) is 64.5 Å². The Morgan fingerprint density at radius 3 is 2.80 bits per heavy atom. The molecule has 2 N–H and O–H groups in total. The van der Waals surface area contributed by atoms with E-state index < -0.39 is 0 Å². The van der Waals surface area contributed by atoms with E-state index in [4.69, 9.17) is 5.26 Å². The lowest BCUT2D eigenvalue weighted by Crippen LogP contribution is -2.14. The Hall–Kier alpha value is -2.19. The average Bonchev–Trinajstić information content (AvgIpc) is 2.92. The molecule has 1 heterocycles. The van der Waals surface area contributed by atoms with Crippen molar-refractivity contribution in [3.05, 3.63) is 41.8 Å². The molecule has 0 bridgehead atoms. The highest BCUT2D eigenvalue weighted by Crippen LogP contribution is 2.21. The van der Waals surface area contributed by atoms with E-state index in [1.54, 1.807) is 18.3 Å². The van der Waals surface area contributed by atoms with Gasteiger partial charge in [0.25, 0.3) is 0 Å². The molecule has 0 fully saturated rings. The monoisotopic (exact) mass is 272 g/mol. The minimum absolute atomic E-state index is 0.245. The maximum Gasteiger partial charge on any atom is 0.123 e. The molecule has 0 aliphatic carbocycles.